The molecule has 3 heteroatoms. The number of benzene rings is 1. The van der Waals surface area contributed by atoms with Crippen molar-refractivity contribution in [1.29, 1.82) is 0 Å². The molecule has 0 aliphatic heterocycles. The van der Waals surface area contributed by atoms with Crippen molar-refractivity contribution in [3.05, 3.63) is 59.4 Å². The quantitative estimate of drug-likeness (QED) is 0.812. The number of aliphatic hydroxyl groups excluding tert-OH is 1. The van der Waals surface area contributed by atoms with Gasteiger partial charge in [-0.15, -0.1) is 0 Å². The minimum Gasteiger partial charge on any atom is -0.392 e. The summed E-state index contributed by atoms with van der Waals surface area (Å²) in [7, 11) is 0. The van der Waals surface area contributed by atoms with E-state index in [1.54, 1.807) is 0 Å². The summed E-state index contributed by atoms with van der Waals surface area (Å²) in [5.41, 5.74) is 3.56. The monoisotopic (exact) mass is 272 g/mol. The Morgan fingerprint density at radius 2 is 1.80 bits per heavy atom. The second-order valence-corrected chi connectivity index (χ2v) is 5.11. The van der Waals surface area contributed by atoms with Gasteiger partial charge in [0.15, 0.2) is 0 Å². The van der Waals surface area contributed by atoms with Gasteiger partial charge in [0.25, 0.3) is 0 Å². The van der Waals surface area contributed by atoms with Crippen molar-refractivity contribution in [3.8, 4) is 0 Å². The molecule has 0 saturated carbocycles. The molecule has 1 aromatic heterocycles. The van der Waals surface area contributed by atoms with Crippen LogP contribution in [0.1, 0.15) is 43.0 Å². The first kappa shape index (κ1) is 14.8. The summed E-state index contributed by atoms with van der Waals surface area (Å²) >= 11 is 0. The molecule has 0 bridgehead atoms. The molecular formula is C17H24N2O. The van der Waals surface area contributed by atoms with Gasteiger partial charge in [0.2, 0.25) is 0 Å². The molecule has 0 amide bonds. The van der Waals surface area contributed by atoms with Crippen LogP contribution in [0.25, 0.3) is 0 Å². The molecule has 0 spiro atoms. The lowest BCUT2D eigenvalue weighted by Crippen LogP contribution is -2.19. The van der Waals surface area contributed by atoms with Crippen molar-refractivity contribution >= 4 is 0 Å². The van der Waals surface area contributed by atoms with Crippen LogP contribution in [0.5, 0.6) is 0 Å². The molecule has 2 rings (SSSR count). The van der Waals surface area contributed by atoms with Crippen molar-refractivity contribution in [2.75, 3.05) is 6.54 Å². The fourth-order valence-electron chi connectivity index (χ4n) is 2.47. The van der Waals surface area contributed by atoms with Crippen molar-refractivity contribution < 1.29 is 5.11 Å². The Bertz CT molecular complexity index is 516. The van der Waals surface area contributed by atoms with Gasteiger partial charge < -0.3 is 15.0 Å². The van der Waals surface area contributed by atoms with Crippen molar-refractivity contribution in [1.82, 2.24) is 9.88 Å². The third-order valence-electron chi connectivity index (χ3n) is 3.61. The summed E-state index contributed by atoms with van der Waals surface area (Å²) in [6.45, 7) is 6.32. The van der Waals surface area contributed by atoms with Gasteiger partial charge in [-0.2, -0.15) is 0 Å². The van der Waals surface area contributed by atoms with E-state index in [-0.39, 0.29) is 6.61 Å². The lowest BCUT2D eigenvalue weighted by molar-refractivity contribution is 0.282. The van der Waals surface area contributed by atoms with Crippen molar-refractivity contribution in [2.24, 2.45) is 0 Å². The molecule has 0 radical (unpaired) electrons. The number of nitrogens with zero attached hydrogens (tertiary/aromatic N) is 1. The molecule has 3 nitrogen and oxygen atoms in total. The fourth-order valence-corrected chi connectivity index (χ4v) is 2.47. The topological polar surface area (TPSA) is 37.2 Å². The van der Waals surface area contributed by atoms with Crippen LogP contribution in [0.4, 0.5) is 0 Å². The minimum absolute atomic E-state index is 0.106. The molecule has 2 N–H and O–H groups in total. The normalized spacial score (nSPS) is 12.6. The average molecular weight is 272 g/mol. The van der Waals surface area contributed by atoms with Gasteiger partial charge in [-0.3, -0.25) is 0 Å². The van der Waals surface area contributed by atoms with Gasteiger partial charge >= 0.3 is 0 Å². The number of rotatable bonds is 7. The summed E-state index contributed by atoms with van der Waals surface area (Å²) in [5, 5.41) is 12.5. The lowest BCUT2D eigenvalue weighted by Gasteiger charge is -2.14. The Morgan fingerprint density at radius 3 is 2.40 bits per heavy atom. The van der Waals surface area contributed by atoms with Crippen LogP contribution in [-0.2, 0) is 13.2 Å². The van der Waals surface area contributed by atoms with E-state index in [4.69, 9.17) is 5.11 Å². The van der Waals surface area contributed by atoms with Crippen LogP contribution in [0.2, 0.25) is 0 Å². The van der Waals surface area contributed by atoms with Crippen LogP contribution in [0.15, 0.2) is 42.7 Å². The van der Waals surface area contributed by atoms with E-state index in [9.17, 15) is 0 Å². The van der Waals surface area contributed by atoms with Crippen LogP contribution >= 0.6 is 0 Å². The molecule has 0 aliphatic rings. The zero-order valence-corrected chi connectivity index (χ0v) is 12.3. The summed E-state index contributed by atoms with van der Waals surface area (Å²) < 4.78 is 2.21. The molecule has 1 unspecified atom stereocenters. The van der Waals surface area contributed by atoms with Gasteiger partial charge in [0, 0.05) is 25.0 Å². The van der Waals surface area contributed by atoms with Crippen LogP contribution in [0.3, 0.4) is 0 Å². The average Bonchev–Trinajstić information content (AvgIpc) is 2.94. The molecule has 0 saturated heterocycles. The first-order chi connectivity index (χ1) is 9.76. The molecular weight excluding hydrogens is 248 g/mol. The Labute approximate surface area is 121 Å². The maximum absolute atomic E-state index is 9.05. The molecule has 1 aromatic carbocycles. The van der Waals surface area contributed by atoms with Crippen molar-refractivity contribution in [3.63, 3.8) is 0 Å². The number of hydrogen-bond acceptors (Lipinski definition) is 2. The summed E-state index contributed by atoms with van der Waals surface area (Å²) in [6.07, 6.45) is 5.45. The number of aromatic nitrogens is 1. The van der Waals surface area contributed by atoms with Crippen LogP contribution in [-0.4, -0.2) is 16.2 Å². The number of aliphatic hydroxyl groups is 1. The highest BCUT2D eigenvalue weighted by atomic mass is 16.3. The smallest absolute Gasteiger partial charge is 0.0681 e. The third-order valence-corrected chi connectivity index (χ3v) is 3.61. The van der Waals surface area contributed by atoms with Crippen LogP contribution < -0.4 is 5.32 Å². The van der Waals surface area contributed by atoms with Gasteiger partial charge in [-0.25, -0.2) is 0 Å². The molecule has 108 valence electrons. The number of hydrogen-bond donors (Lipinski definition) is 2. The Balaban J connectivity index is 2.04. The van der Waals surface area contributed by atoms with E-state index in [0.29, 0.717) is 6.04 Å². The van der Waals surface area contributed by atoms with E-state index in [1.807, 2.05) is 12.1 Å². The van der Waals surface area contributed by atoms with Gasteiger partial charge in [0.05, 0.1) is 6.61 Å². The highest BCUT2D eigenvalue weighted by Crippen LogP contribution is 2.17. The predicted octanol–water partition coefficient (Wildman–Crippen LogP) is 3.09. The Hall–Kier alpha value is -1.58. The van der Waals surface area contributed by atoms with E-state index < -0.39 is 0 Å². The SMILES string of the molecule is CCNC(CC)c1ccn(Cc2ccc(CO)cc2)c1. The van der Waals surface area contributed by atoms with E-state index >= 15 is 0 Å². The van der Waals surface area contributed by atoms with Crippen molar-refractivity contribution in [2.45, 2.75) is 39.5 Å². The predicted molar refractivity (Wildman–Crippen MR) is 82.6 cm³/mol. The van der Waals surface area contributed by atoms with Gasteiger partial charge in [-0.05, 0) is 35.7 Å². The second kappa shape index (κ2) is 7.27. The lowest BCUT2D eigenvalue weighted by atomic mass is 10.1. The molecule has 2 aromatic rings. The second-order valence-electron chi connectivity index (χ2n) is 5.11. The Kier molecular flexibility index (Phi) is 5.39. The van der Waals surface area contributed by atoms with E-state index in [2.05, 4.69) is 54.3 Å². The highest BCUT2D eigenvalue weighted by Gasteiger charge is 2.09. The maximum atomic E-state index is 9.05. The minimum atomic E-state index is 0.106. The first-order valence-electron chi connectivity index (χ1n) is 7.34. The standard InChI is InChI=1S/C17H24N2O/c1-3-17(18-4-2)16-9-10-19(12-16)11-14-5-7-15(13-20)8-6-14/h5-10,12,17-18,20H,3-4,11,13H2,1-2H3. The molecule has 1 atom stereocenters. The zero-order valence-electron chi connectivity index (χ0n) is 12.3. The third kappa shape index (κ3) is 3.71. The van der Waals surface area contributed by atoms with E-state index in [1.165, 1.54) is 11.1 Å². The molecule has 0 fully saturated rings. The first-order valence-corrected chi connectivity index (χ1v) is 7.34. The summed E-state index contributed by atoms with van der Waals surface area (Å²) in [5.74, 6) is 0. The molecule has 20 heavy (non-hydrogen) atoms. The molecule has 0 aliphatic carbocycles. The summed E-state index contributed by atoms with van der Waals surface area (Å²) in [6, 6.07) is 10.7. The Morgan fingerprint density at radius 1 is 1.10 bits per heavy atom. The largest absolute Gasteiger partial charge is 0.392 e. The zero-order chi connectivity index (χ0) is 14.4. The van der Waals surface area contributed by atoms with Crippen LogP contribution in [0, 0.1) is 0 Å². The highest BCUT2D eigenvalue weighted by molar-refractivity contribution is 5.23. The number of nitrogens with one attached hydrogen (secondary N) is 1. The summed E-state index contributed by atoms with van der Waals surface area (Å²) in [4.78, 5) is 0. The maximum Gasteiger partial charge on any atom is 0.0681 e. The van der Waals surface area contributed by atoms with Gasteiger partial charge in [-0.1, -0.05) is 38.1 Å². The fraction of sp³-hybridized carbons (Fsp3) is 0.412. The van der Waals surface area contributed by atoms with E-state index in [0.717, 1.165) is 25.1 Å². The van der Waals surface area contributed by atoms with Gasteiger partial charge in [0.1, 0.15) is 0 Å². The molecule has 1 heterocycles.